The second kappa shape index (κ2) is 29.7. The molecule has 10 heterocycles. The van der Waals surface area contributed by atoms with Crippen LogP contribution in [0, 0.1) is 69.2 Å². The molecule has 10 aromatic heterocycles. The molecule has 0 amide bonds. The minimum absolute atomic E-state index is 0.470. The first-order valence-electron chi connectivity index (χ1n) is 31.5. The van der Waals surface area contributed by atoms with Gasteiger partial charge in [-0.25, -0.2) is 0 Å². The molecule has 0 saturated carbocycles. The predicted octanol–water partition coefficient (Wildman–Crippen LogP) is 13.3. The summed E-state index contributed by atoms with van der Waals surface area (Å²) in [6.45, 7) is 34.4. The van der Waals surface area contributed by atoms with Gasteiger partial charge in [-0.1, -0.05) is 77.9 Å². The van der Waals surface area contributed by atoms with Gasteiger partial charge in [0, 0.05) is 59.0 Å². The van der Waals surface area contributed by atoms with Crippen LogP contribution in [0.25, 0.3) is 51.0 Å². The van der Waals surface area contributed by atoms with Crippen LogP contribution in [0.1, 0.15) is 132 Å². The van der Waals surface area contributed by atoms with Crippen molar-refractivity contribution in [3.63, 3.8) is 0 Å². The van der Waals surface area contributed by atoms with Crippen LogP contribution in [0.2, 0.25) is 0 Å². The number of benzene rings is 2. The summed E-state index contributed by atoms with van der Waals surface area (Å²) in [6, 6.07) is 33.9. The van der Waals surface area contributed by atoms with Crippen LogP contribution in [-0.4, -0.2) is 48.3 Å². The standard InChI is InChI=1S/C22H28N3.C18H20N3.C13H18N3.C12H16N3.C11H14N3/c1-15(2)18-9-7-10-19(16(3)4)22(18)20-13-17(5)21(14-23-20)25-12-8-11-24(25)6;1-13-7-5-8-14(2)18(13)16-11-15(3)17(12-19-16)21-10-6-9-20(21)4;1-10(2)12-8-11(3)13(9-14-12)16-7-5-6-15(16)4;1-9-8-10(2)13-11(3)12(9)15-7-5-6-14(15)4;1-9-5-6-12-10(2)11(9)14-8-4-7-13(14)3/h7-16H,1-6H3;5-12H,1-4H3;5-10H,1-4H3;5-8H,1-4H3;4-8H,1-3H3/q5*+1. The van der Waals surface area contributed by atoms with Crippen LogP contribution in [0.5, 0.6) is 0 Å². The van der Waals surface area contributed by atoms with E-state index in [9.17, 15) is 0 Å². The van der Waals surface area contributed by atoms with Crippen LogP contribution in [0.4, 0.5) is 0 Å². The minimum Gasteiger partial charge on any atom is -0.259 e. The lowest BCUT2D eigenvalue weighted by atomic mass is 9.86. The Bertz CT molecular complexity index is 4330. The van der Waals surface area contributed by atoms with Crippen molar-refractivity contribution in [3.8, 4) is 51.0 Å². The highest BCUT2D eigenvalue weighted by Gasteiger charge is 2.20. The van der Waals surface area contributed by atoms with Gasteiger partial charge in [-0.15, -0.1) is 46.8 Å². The van der Waals surface area contributed by atoms with Gasteiger partial charge in [-0.2, -0.15) is 0 Å². The van der Waals surface area contributed by atoms with Gasteiger partial charge in [0.05, 0.1) is 72.4 Å². The lowest BCUT2D eigenvalue weighted by Gasteiger charge is -2.20. The largest absolute Gasteiger partial charge is 0.259 e. The SMILES string of the molecule is Cc1cc(-c2c(C(C)C)cccc2C(C)C)ncc1-n1ccc[n+]1C.Cc1cc(-c2c(C)cccc2C)ncc1-n1ccc[n+]1C.Cc1cc(C(C)C)ncc1-n1ccc[n+]1C.Cc1cc(C)c(-n2ccc[n+]2C)c(C)n1.Cc1ccnc(C)c1-n1ccc[n+]1C. The zero-order valence-electron chi connectivity index (χ0n) is 57.8. The lowest BCUT2D eigenvalue weighted by Crippen LogP contribution is -2.37. The highest BCUT2D eigenvalue weighted by Crippen LogP contribution is 2.36. The Kier molecular flexibility index (Phi) is 21.9. The van der Waals surface area contributed by atoms with Crippen molar-refractivity contribution >= 4 is 0 Å². The van der Waals surface area contributed by atoms with Gasteiger partial charge in [-0.3, -0.25) is 24.9 Å². The van der Waals surface area contributed by atoms with Crippen LogP contribution in [0.15, 0.2) is 184 Å². The zero-order valence-corrected chi connectivity index (χ0v) is 57.8. The Morgan fingerprint density at radius 1 is 0.341 bits per heavy atom. The fourth-order valence-electron chi connectivity index (χ4n) is 11.8. The Morgan fingerprint density at radius 3 is 1.09 bits per heavy atom. The number of hydrogen-bond acceptors (Lipinski definition) is 5. The van der Waals surface area contributed by atoms with Crippen molar-refractivity contribution in [2.24, 2.45) is 35.2 Å². The summed E-state index contributed by atoms with van der Waals surface area (Å²) in [7, 11) is 10.1. The van der Waals surface area contributed by atoms with E-state index in [4.69, 9.17) is 9.97 Å². The van der Waals surface area contributed by atoms with E-state index in [1.807, 2.05) is 185 Å². The molecule has 470 valence electrons. The Balaban J connectivity index is 0.000000149. The normalized spacial score (nSPS) is 11.0. The van der Waals surface area contributed by atoms with Crippen LogP contribution in [-0.2, 0) is 35.2 Å². The monoisotopic (exact) mass is 1220 g/mol. The molecule has 0 N–H and O–H groups in total. The van der Waals surface area contributed by atoms with Crippen molar-refractivity contribution in [1.29, 1.82) is 0 Å². The number of rotatable bonds is 10. The van der Waals surface area contributed by atoms with E-state index in [1.54, 1.807) is 0 Å². The first-order valence-corrected chi connectivity index (χ1v) is 31.5. The number of hydrogen-bond donors (Lipinski definition) is 0. The number of aromatic nitrogens is 15. The van der Waals surface area contributed by atoms with Crippen molar-refractivity contribution < 1.29 is 23.4 Å². The molecule has 0 aliphatic carbocycles. The molecular weight excluding hydrogens is 1120 g/mol. The number of pyridine rings is 5. The number of nitrogens with zero attached hydrogens (tertiary/aromatic N) is 15. The first kappa shape index (κ1) is 67.2. The second-order valence-corrected chi connectivity index (χ2v) is 24.8. The maximum Gasteiger partial charge on any atom is 0.195 e. The van der Waals surface area contributed by atoms with E-state index in [-0.39, 0.29) is 0 Å². The average molecular weight is 1220 g/mol. The fourth-order valence-corrected chi connectivity index (χ4v) is 11.8. The summed E-state index contributed by atoms with van der Waals surface area (Å²) in [5, 5.41) is 0. The van der Waals surface area contributed by atoms with E-state index >= 15 is 0 Å². The maximum absolute atomic E-state index is 4.86. The van der Waals surface area contributed by atoms with E-state index in [0.29, 0.717) is 17.8 Å². The molecule has 12 rings (SSSR count). The van der Waals surface area contributed by atoms with Gasteiger partial charge in [0.25, 0.3) is 0 Å². The molecule has 0 radical (unpaired) electrons. The van der Waals surface area contributed by atoms with E-state index in [2.05, 4.69) is 207 Å². The molecule has 12 aromatic rings. The van der Waals surface area contributed by atoms with E-state index < -0.39 is 0 Å². The van der Waals surface area contributed by atoms with Crippen LogP contribution >= 0.6 is 0 Å². The van der Waals surface area contributed by atoms with Gasteiger partial charge in [0.2, 0.25) is 0 Å². The average Bonchev–Trinajstić information content (AvgIpc) is 1.20. The van der Waals surface area contributed by atoms with E-state index in [0.717, 1.165) is 51.2 Å². The molecule has 0 spiro atoms. The molecule has 0 unspecified atom stereocenters. The first-order chi connectivity index (χ1) is 43.4. The fraction of sp³-hybridized carbons (Fsp3) is 0.316. The molecule has 0 atom stereocenters. The van der Waals surface area contributed by atoms with Crippen molar-refractivity contribution in [3.05, 3.63) is 257 Å². The second-order valence-electron chi connectivity index (χ2n) is 24.8. The highest BCUT2D eigenvalue weighted by molar-refractivity contribution is 5.71. The third-order valence-electron chi connectivity index (χ3n) is 16.6. The van der Waals surface area contributed by atoms with Gasteiger partial charge < -0.3 is 0 Å². The van der Waals surface area contributed by atoms with Gasteiger partial charge in [-0.05, 0) is 167 Å². The molecular formula is C76H96N15+5. The summed E-state index contributed by atoms with van der Waals surface area (Å²) in [6.07, 6.45) is 28.1. The third-order valence-corrected chi connectivity index (χ3v) is 16.6. The van der Waals surface area contributed by atoms with Gasteiger partial charge in [0.1, 0.15) is 28.4 Å². The molecule has 2 aromatic carbocycles. The molecule has 0 fully saturated rings. The smallest absolute Gasteiger partial charge is 0.195 e. The molecule has 15 heteroatoms. The van der Waals surface area contributed by atoms with Gasteiger partial charge >= 0.3 is 0 Å². The molecule has 15 nitrogen and oxygen atoms in total. The Hall–Kier alpha value is -9.76. The van der Waals surface area contributed by atoms with E-state index in [1.165, 1.54) is 72.6 Å². The molecule has 91 heavy (non-hydrogen) atoms. The van der Waals surface area contributed by atoms with Gasteiger partial charge in [0.15, 0.2) is 66.2 Å². The van der Waals surface area contributed by atoms with Crippen LogP contribution < -0.4 is 23.4 Å². The van der Waals surface area contributed by atoms with Crippen molar-refractivity contribution in [2.45, 2.75) is 129 Å². The molecule has 0 aliphatic rings. The maximum atomic E-state index is 4.86. The predicted molar refractivity (Wildman–Crippen MR) is 364 cm³/mol. The Labute approximate surface area is 540 Å². The number of aryl methyl sites for hydroxylation is 15. The van der Waals surface area contributed by atoms with Crippen LogP contribution in [0.3, 0.4) is 0 Å². The zero-order chi connectivity index (χ0) is 66.0. The summed E-state index contributed by atoms with van der Waals surface area (Å²) in [5.41, 5.74) is 26.2. The third kappa shape index (κ3) is 15.6. The lowest BCUT2D eigenvalue weighted by molar-refractivity contribution is -0.744. The quantitative estimate of drug-likeness (QED) is 0.127. The minimum atomic E-state index is 0.470. The summed E-state index contributed by atoms with van der Waals surface area (Å²) >= 11 is 0. The summed E-state index contributed by atoms with van der Waals surface area (Å²) < 4.78 is 20.7. The molecule has 0 aliphatic heterocycles. The summed E-state index contributed by atoms with van der Waals surface area (Å²) in [4.78, 5) is 22.9. The van der Waals surface area contributed by atoms with Crippen molar-refractivity contribution in [2.75, 3.05) is 0 Å². The molecule has 0 saturated heterocycles. The molecule has 0 bridgehead atoms. The van der Waals surface area contributed by atoms with Crippen molar-refractivity contribution in [1.82, 2.24) is 48.3 Å². The summed E-state index contributed by atoms with van der Waals surface area (Å²) in [5.74, 6) is 1.42. The topological polar surface area (TPSA) is 108 Å². The Morgan fingerprint density at radius 2 is 0.725 bits per heavy atom. The highest BCUT2D eigenvalue weighted by atomic mass is 15.4.